The second-order valence-electron chi connectivity index (χ2n) is 4.16. The first-order valence-corrected chi connectivity index (χ1v) is 5.87. The summed E-state index contributed by atoms with van der Waals surface area (Å²) in [5.74, 6) is 7.00. The zero-order valence-corrected chi connectivity index (χ0v) is 7.52. The van der Waals surface area contributed by atoms with Crippen molar-refractivity contribution in [3.63, 3.8) is 0 Å². The summed E-state index contributed by atoms with van der Waals surface area (Å²) in [6.45, 7) is 0. The van der Waals surface area contributed by atoms with Crippen LogP contribution in [-0.4, -0.2) is 11.5 Å². The van der Waals surface area contributed by atoms with E-state index < -0.39 is 0 Å². The van der Waals surface area contributed by atoms with Gasteiger partial charge >= 0.3 is 0 Å². The van der Waals surface area contributed by atoms with Gasteiger partial charge in [-0.1, -0.05) is 12.2 Å². The van der Waals surface area contributed by atoms with Crippen LogP contribution in [0.1, 0.15) is 12.8 Å². The zero-order chi connectivity index (χ0) is 7.26. The predicted molar refractivity (Wildman–Crippen MR) is 49.7 cm³/mol. The summed E-state index contributed by atoms with van der Waals surface area (Å²) >= 11 is 2.19. The van der Waals surface area contributed by atoms with Crippen molar-refractivity contribution in [2.75, 3.05) is 11.5 Å². The summed E-state index contributed by atoms with van der Waals surface area (Å²) in [5.41, 5.74) is 0. The molecule has 0 spiro atoms. The number of thioether (sulfide) groups is 1. The second kappa shape index (κ2) is 2.29. The van der Waals surface area contributed by atoms with Crippen LogP contribution in [0.5, 0.6) is 0 Å². The van der Waals surface area contributed by atoms with E-state index in [1.165, 1.54) is 24.3 Å². The maximum atomic E-state index is 2.50. The van der Waals surface area contributed by atoms with Gasteiger partial charge in [-0.15, -0.1) is 0 Å². The topological polar surface area (TPSA) is 0 Å². The molecule has 0 N–H and O–H groups in total. The van der Waals surface area contributed by atoms with Crippen molar-refractivity contribution < 1.29 is 0 Å². The molecule has 2 fully saturated rings. The average molecular weight is 166 g/mol. The van der Waals surface area contributed by atoms with Gasteiger partial charge in [-0.05, 0) is 48.0 Å². The molecule has 4 atom stereocenters. The fourth-order valence-electron chi connectivity index (χ4n) is 3.05. The molecule has 60 valence electrons. The Morgan fingerprint density at radius 1 is 0.909 bits per heavy atom. The van der Waals surface area contributed by atoms with Crippen LogP contribution in [0.15, 0.2) is 12.2 Å². The standard InChI is InChI=1S/C10H14S/c1-2-8-4-3-7(1)9-5-11-6-10(8)9/h1-2,7-10H,3-6H2/t7-,8-,9-,10-/m0/s1. The second-order valence-corrected chi connectivity index (χ2v) is 5.23. The third-order valence-electron chi connectivity index (χ3n) is 3.71. The minimum absolute atomic E-state index is 0.972. The highest BCUT2D eigenvalue weighted by Crippen LogP contribution is 2.50. The first-order valence-electron chi connectivity index (χ1n) is 4.71. The minimum atomic E-state index is 0.972. The summed E-state index contributed by atoms with van der Waals surface area (Å²) in [5, 5.41) is 0. The van der Waals surface area contributed by atoms with Gasteiger partial charge in [0.15, 0.2) is 0 Å². The summed E-state index contributed by atoms with van der Waals surface area (Å²) in [6, 6.07) is 0. The molecule has 1 saturated heterocycles. The average Bonchev–Trinajstić information content (AvgIpc) is 2.55. The van der Waals surface area contributed by atoms with Gasteiger partial charge in [0.2, 0.25) is 0 Å². The molecule has 4 aliphatic rings. The number of rotatable bonds is 0. The molecule has 3 aliphatic carbocycles. The van der Waals surface area contributed by atoms with Crippen LogP contribution in [0.25, 0.3) is 0 Å². The molecule has 2 bridgehead atoms. The molecule has 0 aromatic rings. The van der Waals surface area contributed by atoms with E-state index >= 15 is 0 Å². The Morgan fingerprint density at radius 2 is 1.45 bits per heavy atom. The number of allylic oxidation sites excluding steroid dienone is 2. The van der Waals surface area contributed by atoms with Gasteiger partial charge in [-0.25, -0.2) is 0 Å². The first kappa shape index (κ1) is 6.59. The lowest BCUT2D eigenvalue weighted by Gasteiger charge is -2.40. The molecule has 0 aromatic carbocycles. The Morgan fingerprint density at radius 3 is 1.91 bits per heavy atom. The van der Waals surface area contributed by atoms with Crippen molar-refractivity contribution in [2.24, 2.45) is 23.7 Å². The fourth-order valence-corrected chi connectivity index (χ4v) is 4.72. The molecule has 0 radical (unpaired) electrons. The van der Waals surface area contributed by atoms with Crippen molar-refractivity contribution >= 4 is 11.8 Å². The van der Waals surface area contributed by atoms with Crippen molar-refractivity contribution in [2.45, 2.75) is 12.8 Å². The third kappa shape index (κ3) is 0.837. The number of fused-ring (bicyclic) bond motifs is 1. The Balaban J connectivity index is 1.97. The monoisotopic (exact) mass is 166 g/mol. The highest BCUT2D eigenvalue weighted by Gasteiger charge is 2.43. The van der Waals surface area contributed by atoms with E-state index in [0.717, 1.165) is 23.7 Å². The summed E-state index contributed by atoms with van der Waals surface area (Å²) in [6.07, 6.45) is 7.98. The fraction of sp³-hybridized carbons (Fsp3) is 0.800. The summed E-state index contributed by atoms with van der Waals surface area (Å²) in [7, 11) is 0. The smallest absolute Gasteiger partial charge is 0.00302 e. The summed E-state index contributed by atoms with van der Waals surface area (Å²) < 4.78 is 0. The van der Waals surface area contributed by atoms with Crippen LogP contribution in [-0.2, 0) is 0 Å². The highest BCUT2D eigenvalue weighted by molar-refractivity contribution is 7.99. The lowest BCUT2D eigenvalue weighted by atomic mass is 9.64. The molecule has 0 aromatic heterocycles. The van der Waals surface area contributed by atoms with Gasteiger partial charge in [-0.3, -0.25) is 0 Å². The molecule has 1 saturated carbocycles. The SMILES string of the molecule is C1=C[C@H]2CC[C@H]1[C@@H]1CSC[C@H]12. The lowest BCUT2D eigenvalue weighted by Crippen LogP contribution is -2.35. The van der Waals surface area contributed by atoms with E-state index in [9.17, 15) is 0 Å². The number of hydrogen-bond acceptors (Lipinski definition) is 1. The molecule has 0 nitrogen and oxygen atoms in total. The van der Waals surface area contributed by atoms with Crippen molar-refractivity contribution in [3.05, 3.63) is 12.2 Å². The molecule has 1 heterocycles. The molecular formula is C10H14S. The van der Waals surface area contributed by atoms with Crippen LogP contribution >= 0.6 is 11.8 Å². The Labute approximate surface area is 72.4 Å². The van der Waals surface area contributed by atoms with Gasteiger partial charge in [-0.2, -0.15) is 11.8 Å². The summed E-state index contributed by atoms with van der Waals surface area (Å²) in [4.78, 5) is 0. The van der Waals surface area contributed by atoms with Crippen molar-refractivity contribution in [1.29, 1.82) is 0 Å². The van der Waals surface area contributed by atoms with Gasteiger partial charge in [0.05, 0.1) is 0 Å². The van der Waals surface area contributed by atoms with Crippen molar-refractivity contribution in [1.82, 2.24) is 0 Å². The minimum Gasteiger partial charge on any atom is -0.161 e. The van der Waals surface area contributed by atoms with Gasteiger partial charge in [0, 0.05) is 0 Å². The molecular weight excluding hydrogens is 152 g/mol. The van der Waals surface area contributed by atoms with Crippen molar-refractivity contribution in [3.8, 4) is 0 Å². The predicted octanol–water partition coefficient (Wildman–Crippen LogP) is 2.56. The Kier molecular flexibility index (Phi) is 1.37. The molecule has 11 heavy (non-hydrogen) atoms. The van der Waals surface area contributed by atoms with Crippen LogP contribution in [0.4, 0.5) is 0 Å². The van der Waals surface area contributed by atoms with Crippen LogP contribution in [0.3, 0.4) is 0 Å². The lowest BCUT2D eigenvalue weighted by molar-refractivity contribution is 0.169. The van der Waals surface area contributed by atoms with E-state index in [1.807, 2.05) is 0 Å². The Bertz CT molecular complexity index is 177. The maximum Gasteiger partial charge on any atom is -0.00302 e. The third-order valence-corrected chi connectivity index (χ3v) is 4.95. The largest absolute Gasteiger partial charge is 0.161 e. The quantitative estimate of drug-likeness (QED) is 0.498. The van der Waals surface area contributed by atoms with Crippen LogP contribution in [0, 0.1) is 23.7 Å². The molecule has 4 rings (SSSR count). The molecule has 1 aliphatic heterocycles. The zero-order valence-electron chi connectivity index (χ0n) is 6.70. The van der Waals surface area contributed by atoms with Gasteiger partial charge in [0.25, 0.3) is 0 Å². The molecule has 1 heteroatoms. The first-order chi connectivity index (χ1) is 5.45. The van der Waals surface area contributed by atoms with E-state index in [1.54, 1.807) is 0 Å². The van der Waals surface area contributed by atoms with E-state index in [-0.39, 0.29) is 0 Å². The van der Waals surface area contributed by atoms with Crippen LogP contribution in [0.2, 0.25) is 0 Å². The Hall–Kier alpha value is 0.0900. The van der Waals surface area contributed by atoms with E-state index in [2.05, 4.69) is 23.9 Å². The normalized spacial score (nSPS) is 53.1. The van der Waals surface area contributed by atoms with Gasteiger partial charge in [0.1, 0.15) is 0 Å². The molecule has 0 unspecified atom stereocenters. The highest BCUT2D eigenvalue weighted by atomic mass is 32.2. The van der Waals surface area contributed by atoms with Crippen LogP contribution < -0.4 is 0 Å². The number of hydrogen-bond donors (Lipinski definition) is 0. The van der Waals surface area contributed by atoms with Gasteiger partial charge < -0.3 is 0 Å². The molecule has 0 amide bonds. The van der Waals surface area contributed by atoms with E-state index in [4.69, 9.17) is 0 Å². The van der Waals surface area contributed by atoms with E-state index in [0.29, 0.717) is 0 Å². The maximum absolute atomic E-state index is 2.50.